The van der Waals surface area contributed by atoms with E-state index in [4.69, 9.17) is 9.47 Å². The minimum atomic E-state index is -0.855. The molecule has 3 heterocycles. The normalized spacial score (nSPS) is 22.3. The van der Waals surface area contributed by atoms with Gasteiger partial charge in [0.15, 0.2) is 23.5 Å². The van der Waals surface area contributed by atoms with Crippen molar-refractivity contribution in [1.29, 1.82) is 0 Å². The molecule has 1 amide bonds. The first-order valence-electron chi connectivity index (χ1n) is 8.23. The third kappa shape index (κ3) is 3.96. The number of ether oxygens (including phenoxy) is 2. The van der Waals surface area contributed by atoms with Crippen LogP contribution < -0.4 is 10.9 Å². The van der Waals surface area contributed by atoms with E-state index in [1.807, 2.05) is 0 Å². The monoisotopic (exact) mass is 397 g/mol. The molecule has 3 N–H and O–H groups in total. The first-order chi connectivity index (χ1) is 12.8. The zero-order valence-electron chi connectivity index (χ0n) is 14.6. The molecule has 0 saturated carbocycles. The number of carbonyl (C=O) groups excluding carboxylic acids is 2. The maximum absolute atomic E-state index is 12.3. The number of rotatable bonds is 5. The second-order valence-electron chi connectivity index (χ2n) is 6.37. The first-order valence-corrected chi connectivity index (χ1v) is 8.68. The predicted octanol–water partition coefficient (Wildman–Crippen LogP) is 0.429. The van der Waals surface area contributed by atoms with Crippen molar-refractivity contribution in [1.82, 2.24) is 19.5 Å². The van der Waals surface area contributed by atoms with E-state index in [1.165, 1.54) is 10.9 Å². The number of amides is 1. The highest BCUT2D eigenvalue weighted by Crippen LogP contribution is 2.33. The number of fused-ring (bicyclic) bond motifs is 1. The maximum Gasteiger partial charge on any atom is 0.364 e. The molecule has 27 heavy (non-hydrogen) atoms. The summed E-state index contributed by atoms with van der Waals surface area (Å²) in [5, 5.41) is 11.1. The molecule has 3 atom stereocenters. The van der Waals surface area contributed by atoms with Gasteiger partial charge < -0.3 is 14.6 Å². The van der Waals surface area contributed by atoms with Crippen LogP contribution in [0.1, 0.15) is 26.5 Å². The number of aromatic amines is 1. The van der Waals surface area contributed by atoms with Crippen LogP contribution in [0.5, 0.6) is 0 Å². The van der Waals surface area contributed by atoms with Crippen LogP contribution in [0, 0.1) is 5.92 Å². The van der Waals surface area contributed by atoms with E-state index in [9.17, 15) is 19.5 Å². The summed E-state index contributed by atoms with van der Waals surface area (Å²) >= 11 is 3.61. The van der Waals surface area contributed by atoms with Crippen LogP contribution in [0.4, 0.5) is 10.7 Å². The zero-order chi connectivity index (χ0) is 19.7. The van der Waals surface area contributed by atoms with Crippen molar-refractivity contribution in [2.75, 3.05) is 11.9 Å². The van der Waals surface area contributed by atoms with Crippen molar-refractivity contribution in [3.05, 3.63) is 16.7 Å². The van der Waals surface area contributed by atoms with Crippen molar-refractivity contribution in [3.8, 4) is 0 Å². The standard InChI is InChI=1S/C15H19N5O6S/c1-6(2)11(22)18-14-17-10-9(12(23)19-14)16-5-20(10)13-8(26-15(24)27)3-7(4-21)25-13/h5-8,13,21H,3-4H2,1-2H3,(H,24,27)(H2,17,18,19,22,23)/t7-,8+,13+/m0/s1. The molecule has 0 unspecified atom stereocenters. The molecule has 0 aliphatic carbocycles. The second kappa shape index (κ2) is 7.66. The minimum absolute atomic E-state index is 0.0320. The Balaban J connectivity index is 2.01. The number of imidazole rings is 1. The zero-order valence-corrected chi connectivity index (χ0v) is 15.5. The van der Waals surface area contributed by atoms with Gasteiger partial charge in [0, 0.05) is 12.3 Å². The third-order valence-corrected chi connectivity index (χ3v) is 4.18. The molecule has 146 valence electrons. The smallest absolute Gasteiger partial charge is 0.364 e. The van der Waals surface area contributed by atoms with Crippen molar-refractivity contribution < 1.29 is 24.2 Å². The fourth-order valence-electron chi connectivity index (χ4n) is 2.75. The molecule has 3 rings (SSSR count). The summed E-state index contributed by atoms with van der Waals surface area (Å²) in [6.45, 7) is 3.13. The quantitative estimate of drug-likeness (QED) is 0.419. The van der Waals surface area contributed by atoms with Gasteiger partial charge in [-0.2, -0.15) is 4.98 Å². The van der Waals surface area contributed by atoms with Gasteiger partial charge in [-0.3, -0.25) is 24.5 Å². The Bertz CT molecular complexity index is 925. The summed E-state index contributed by atoms with van der Waals surface area (Å²) in [6.07, 6.45) is -0.601. The Morgan fingerprint density at radius 1 is 1.56 bits per heavy atom. The van der Waals surface area contributed by atoms with E-state index in [0.717, 1.165) is 0 Å². The van der Waals surface area contributed by atoms with Crippen molar-refractivity contribution in [3.63, 3.8) is 0 Å². The highest BCUT2D eigenvalue weighted by Gasteiger charge is 2.39. The number of aromatic nitrogens is 4. The molecular formula is C15H19N5O6S. The summed E-state index contributed by atoms with van der Waals surface area (Å²) in [6, 6.07) is 0. The predicted molar refractivity (Wildman–Crippen MR) is 96.5 cm³/mol. The molecule has 0 spiro atoms. The summed E-state index contributed by atoms with van der Waals surface area (Å²) in [7, 11) is 0. The Labute approximate surface area is 158 Å². The molecule has 2 aromatic rings. The minimum Gasteiger partial charge on any atom is -0.450 e. The van der Waals surface area contributed by atoms with E-state index >= 15 is 0 Å². The van der Waals surface area contributed by atoms with Gasteiger partial charge in [-0.1, -0.05) is 26.5 Å². The number of hydrogen-bond acceptors (Lipinski definition) is 8. The summed E-state index contributed by atoms with van der Waals surface area (Å²) in [5.41, 5.74) is -0.372. The molecule has 11 nitrogen and oxygen atoms in total. The highest BCUT2D eigenvalue weighted by molar-refractivity contribution is 7.96. The van der Waals surface area contributed by atoms with Gasteiger partial charge in [-0.25, -0.2) is 9.78 Å². The topological polar surface area (TPSA) is 148 Å². The van der Waals surface area contributed by atoms with E-state index in [-0.39, 0.29) is 42.0 Å². The van der Waals surface area contributed by atoms with Crippen LogP contribution in [0.15, 0.2) is 11.1 Å². The van der Waals surface area contributed by atoms with Crippen LogP contribution in [-0.2, 0) is 14.3 Å². The third-order valence-electron chi connectivity index (χ3n) is 4.07. The molecule has 12 heteroatoms. The lowest BCUT2D eigenvalue weighted by atomic mass is 10.2. The van der Waals surface area contributed by atoms with Crippen LogP contribution in [-0.4, -0.2) is 54.6 Å². The van der Waals surface area contributed by atoms with Crippen molar-refractivity contribution >= 4 is 40.9 Å². The fourth-order valence-corrected chi connectivity index (χ4v) is 2.88. The van der Waals surface area contributed by atoms with Crippen molar-refractivity contribution in [2.45, 2.75) is 38.7 Å². The first kappa shape index (κ1) is 19.3. The Morgan fingerprint density at radius 3 is 2.93 bits per heavy atom. The number of H-pyrrole nitrogens is 1. The highest BCUT2D eigenvalue weighted by atomic mass is 32.1. The molecule has 0 aromatic carbocycles. The molecule has 0 radical (unpaired) electrons. The fraction of sp³-hybridized carbons (Fsp3) is 0.533. The molecule has 1 saturated heterocycles. The number of aliphatic hydroxyl groups excluding tert-OH is 1. The average molecular weight is 397 g/mol. The van der Waals surface area contributed by atoms with E-state index in [1.54, 1.807) is 13.8 Å². The molecular weight excluding hydrogens is 378 g/mol. The number of nitrogens with one attached hydrogen (secondary N) is 2. The summed E-state index contributed by atoms with van der Waals surface area (Å²) < 4.78 is 12.3. The van der Waals surface area contributed by atoms with E-state index in [2.05, 4.69) is 32.9 Å². The van der Waals surface area contributed by atoms with Crippen molar-refractivity contribution in [2.24, 2.45) is 5.92 Å². The largest absolute Gasteiger partial charge is 0.450 e. The number of hydrogen-bond donors (Lipinski definition) is 4. The van der Waals surface area contributed by atoms with Gasteiger partial charge in [0.05, 0.1) is 19.0 Å². The van der Waals surface area contributed by atoms with Gasteiger partial charge in [-0.05, 0) is 0 Å². The number of nitrogens with zero attached hydrogens (tertiary/aromatic N) is 3. The van der Waals surface area contributed by atoms with Gasteiger partial charge in [0.2, 0.25) is 11.9 Å². The Hall–Kier alpha value is -2.44. The maximum atomic E-state index is 12.3. The van der Waals surface area contributed by atoms with Gasteiger partial charge >= 0.3 is 5.30 Å². The SMILES string of the molecule is CC(C)C(=O)Nc1nc2c(ncn2[C@@H]2O[C@H](CO)C[C@H]2OC(=O)S)c(=O)[nH]1. The van der Waals surface area contributed by atoms with Crippen LogP contribution >= 0.6 is 12.6 Å². The summed E-state index contributed by atoms with van der Waals surface area (Å²) in [4.78, 5) is 46.1. The number of aliphatic hydroxyl groups is 1. The van der Waals surface area contributed by atoms with Crippen LogP contribution in [0.2, 0.25) is 0 Å². The number of anilines is 1. The van der Waals surface area contributed by atoms with Gasteiger partial charge in [-0.15, -0.1) is 0 Å². The lowest BCUT2D eigenvalue weighted by molar-refractivity contribution is -0.118. The lowest BCUT2D eigenvalue weighted by Gasteiger charge is -2.19. The number of carbonyl (C=O) groups is 2. The molecule has 1 aliphatic heterocycles. The van der Waals surface area contributed by atoms with Crippen LogP contribution in [0.25, 0.3) is 11.2 Å². The lowest BCUT2D eigenvalue weighted by Crippen LogP contribution is -2.25. The van der Waals surface area contributed by atoms with E-state index < -0.39 is 29.3 Å². The van der Waals surface area contributed by atoms with Gasteiger partial charge in [0.1, 0.15) is 0 Å². The van der Waals surface area contributed by atoms with E-state index in [0.29, 0.717) is 0 Å². The summed E-state index contributed by atoms with van der Waals surface area (Å²) in [5.74, 6) is -0.658. The Morgan fingerprint density at radius 2 is 2.30 bits per heavy atom. The Kier molecular flexibility index (Phi) is 5.48. The molecule has 1 fully saturated rings. The molecule has 2 aromatic heterocycles. The van der Waals surface area contributed by atoms with Crippen LogP contribution in [0.3, 0.4) is 0 Å². The average Bonchev–Trinajstić information content (AvgIpc) is 3.18. The molecule has 0 bridgehead atoms. The molecule has 1 aliphatic rings. The van der Waals surface area contributed by atoms with Gasteiger partial charge in [0.25, 0.3) is 5.56 Å². The number of thiol groups is 1. The second-order valence-corrected chi connectivity index (χ2v) is 6.74.